The Morgan fingerprint density at radius 3 is 3.27 bits per heavy atom. The fourth-order valence-electron chi connectivity index (χ4n) is 1.89. The van der Waals surface area contributed by atoms with Crippen LogP contribution in [-0.2, 0) is 4.74 Å². The van der Waals surface area contributed by atoms with Crippen molar-refractivity contribution in [2.45, 2.75) is 19.4 Å². The number of carbonyl (C=O) groups excluding carboxylic acids is 1. The number of hydrogen-bond donors (Lipinski definition) is 0. The second-order valence-corrected chi connectivity index (χ2v) is 4.60. The summed E-state index contributed by atoms with van der Waals surface area (Å²) in [5.41, 5.74) is 1.16. The zero-order valence-electron chi connectivity index (χ0n) is 8.81. The predicted molar refractivity (Wildman–Crippen MR) is 62.0 cm³/mol. The Kier molecular flexibility index (Phi) is 3.38. The molecule has 2 rings (SSSR count). The molecule has 0 N–H and O–H groups in total. The van der Waals surface area contributed by atoms with Gasteiger partial charge < -0.3 is 9.64 Å². The van der Waals surface area contributed by atoms with Crippen LogP contribution in [0.25, 0.3) is 0 Å². The maximum atomic E-state index is 10.6. The van der Waals surface area contributed by atoms with Crippen molar-refractivity contribution in [3.63, 3.8) is 0 Å². The molecule has 2 heterocycles. The van der Waals surface area contributed by atoms with Crippen molar-refractivity contribution in [2.24, 2.45) is 0 Å². The summed E-state index contributed by atoms with van der Waals surface area (Å²) < 4.78 is 5.45. The van der Waals surface area contributed by atoms with E-state index in [0.717, 1.165) is 43.0 Å². The SMILES string of the molecule is CCC1COCCN1c1csc(C=O)c1. The van der Waals surface area contributed by atoms with Crippen LogP contribution in [-0.4, -0.2) is 32.1 Å². The van der Waals surface area contributed by atoms with E-state index in [2.05, 4.69) is 17.2 Å². The van der Waals surface area contributed by atoms with E-state index in [-0.39, 0.29) is 0 Å². The van der Waals surface area contributed by atoms with Crippen LogP contribution in [0.1, 0.15) is 23.0 Å². The molecule has 1 atom stereocenters. The lowest BCUT2D eigenvalue weighted by Gasteiger charge is -2.36. The highest BCUT2D eigenvalue weighted by molar-refractivity contribution is 7.12. The molecule has 1 aromatic heterocycles. The van der Waals surface area contributed by atoms with Crippen LogP contribution in [0.3, 0.4) is 0 Å². The number of hydrogen-bond acceptors (Lipinski definition) is 4. The molecule has 82 valence electrons. The van der Waals surface area contributed by atoms with E-state index in [1.165, 1.54) is 11.3 Å². The molecule has 1 saturated heterocycles. The average molecular weight is 225 g/mol. The molecule has 0 spiro atoms. The fourth-order valence-corrected chi connectivity index (χ4v) is 2.59. The minimum atomic E-state index is 0.452. The molecular formula is C11H15NO2S. The van der Waals surface area contributed by atoms with Gasteiger partial charge in [-0.1, -0.05) is 6.92 Å². The van der Waals surface area contributed by atoms with E-state index in [1.807, 2.05) is 6.07 Å². The Morgan fingerprint density at radius 2 is 2.60 bits per heavy atom. The number of aldehydes is 1. The van der Waals surface area contributed by atoms with Crippen LogP contribution in [0.15, 0.2) is 11.4 Å². The van der Waals surface area contributed by atoms with Crippen molar-refractivity contribution in [2.75, 3.05) is 24.7 Å². The van der Waals surface area contributed by atoms with Crippen LogP contribution < -0.4 is 4.90 Å². The number of carbonyl (C=O) groups is 1. The van der Waals surface area contributed by atoms with Crippen molar-refractivity contribution in [3.05, 3.63) is 16.3 Å². The maximum Gasteiger partial charge on any atom is 0.160 e. The van der Waals surface area contributed by atoms with Gasteiger partial charge in [-0.3, -0.25) is 4.79 Å². The number of thiophene rings is 1. The zero-order chi connectivity index (χ0) is 10.7. The largest absolute Gasteiger partial charge is 0.377 e. The molecule has 1 aromatic rings. The minimum Gasteiger partial charge on any atom is -0.377 e. The van der Waals surface area contributed by atoms with Crippen molar-refractivity contribution in [1.82, 2.24) is 0 Å². The molecule has 0 aliphatic carbocycles. The van der Waals surface area contributed by atoms with E-state index < -0.39 is 0 Å². The molecule has 1 unspecified atom stereocenters. The molecular weight excluding hydrogens is 210 g/mol. The van der Waals surface area contributed by atoms with E-state index in [1.54, 1.807) is 0 Å². The molecule has 15 heavy (non-hydrogen) atoms. The van der Waals surface area contributed by atoms with Crippen molar-refractivity contribution < 1.29 is 9.53 Å². The highest BCUT2D eigenvalue weighted by Gasteiger charge is 2.22. The summed E-state index contributed by atoms with van der Waals surface area (Å²) >= 11 is 1.51. The van der Waals surface area contributed by atoms with Crippen LogP contribution in [0.5, 0.6) is 0 Å². The highest BCUT2D eigenvalue weighted by atomic mass is 32.1. The van der Waals surface area contributed by atoms with Crippen molar-refractivity contribution >= 4 is 23.3 Å². The second-order valence-electron chi connectivity index (χ2n) is 3.66. The van der Waals surface area contributed by atoms with E-state index in [4.69, 9.17) is 4.74 Å². The third-order valence-corrected chi connectivity index (χ3v) is 3.60. The molecule has 0 amide bonds. The number of morpholine rings is 1. The van der Waals surface area contributed by atoms with E-state index >= 15 is 0 Å². The van der Waals surface area contributed by atoms with Gasteiger partial charge >= 0.3 is 0 Å². The summed E-state index contributed by atoms with van der Waals surface area (Å²) in [4.78, 5) is 13.8. The molecule has 1 aliphatic heterocycles. The molecule has 0 saturated carbocycles. The lowest BCUT2D eigenvalue weighted by Crippen LogP contribution is -2.45. The lowest BCUT2D eigenvalue weighted by molar-refractivity contribution is 0.0930. The van der Waals surface area contributed by atoms with Crippen LogP contribution in [0, 0.1) is 0 Å². The van der Waals surface area contributed by atoms with Gasteiger partial charge in [-0.2, -0.15) is 0 Å². The zero-order valence-corrected chi connectivity index (χ0v) is 9.63. The van der Waals surface area contributed by atoms with Gasteiger partial charge in [-0.15, -0.1) is 11.3 Å². The number of anilines is 1. The Bertz CT molecular complexity index is 337. The van der Waals surface area contributed by atoms with Crippen molar-refractivity contribution in [3.8, 4) is 0 Å². The first-order valence-electron chi connectivity index (χ1n) is 5.23. The quantitative estimate of drug-likeness (QED) is 0.738. The summed E-state index contributed by atoms with van der Waals surface area (Å²) in [5.74, 6) is 0. The molecule has 1 aliphatic rings. The smallest absolute Gasteiger partial charge is 0.160 e. The first-order chi connectivity index (χ1) is 7.35. The monoisotopic (exact) mass is 225 g/mol. The standard InChI is InChI=1S/C11H15NO2S/c1-2-9-7-14-4-3-12(9)10-5-11(6-13)15-8-10/h5-6,8-9H,2-4,7H2,1H3. The van der Waals surface area contributed by atoms with E-state index in [9.17, 15) is 4.79 Å². The Labute approximate surface area is 93.7 Å². The van der Waals surface area contributed by atoms with Gasteiger partial charge in [-0.25, -0.2) is 0 Å². The average Bonchev–Trinajstić information content (AvgIpc) is 2.77. The summed E-state index contributed by atoms with van der Waals surface area (Å²) in [6.45, 7) is 4.67. The second kappa shape index (κ2) is 4.77. The third-order valence-electron chi connectivity index (χ3n) is 2.75. The summed E-state index contributed by atoms with van der Waals surface area (Å²) in [7, 11) is 0. The van der Waals surface area contributed by atoms with Gasteiger partial charge in [-0.05, 0) is 12.5 Å². The third kappa shape index (κ3) is 2.21. The van der Waals surface area contributed by atoms with Crippen LogP contribution in [0.2, 0.25) is 0 Å². The molecule has 3 nitrogen and oxygen atoms in total. The Morgan fingerprint density at radius 1 is 1.73 bits per heavy atom. The molecule has 4 heteroatoms. The van der Waals surface area contributed by atoms with Gasteiger partial charge in [0.05, 0.1) is 24.1 Å². The number of nitrogens with zero attached hydrogens (tertiary/aromatic N) is 1. The van der Waals surface area contributed by atoms with Gasteiger partial charge in [0.1, 0.15) is 0 Å². The topological polar surface area (TPSA) is 29.5 Å². The summed E-state index contributed by atoms with van der Waals surface area (Å²) in [6, 6.07) is 2.42. The minimum absolute atomic E-state index is 0.452. The fraction of sp³-hybridized carbons (Fsp3) is 0.545. The first kappa shape index (κ1) is 10.6. The number of ether oxygens (including phenoxy) is 1. The van der Waals surface area contributed by atoms with Gasteiger partial charge in [0, 0.05) is 17.6 Å². The molecule has 0 bridgehead atoms. The van der Waals surface area contributed by atoms with Gasteiger partial charge in [0.15, 0.2) is 6.29 Å². The number of rotatable bonds is 3. The Balaban J connectivity index is 2.16. The van der Waals surface area contributed by atoms with Gasteiger partial charge in [0.25, 0.3) is 0 Å². The van der Waals surface area contributed by atoms with Crippen LogP contribution in [0.4, 0.5) is 5.69 Å². The highest BCUT2D eigenvalue weighted by Crippen LogP contribution is 2.26. The van der Waals surface area contributed by atoms with Gasteiger partial charge in [0.2, 0.25) is 0 Å². The molecule has 0 radical (unpaired) electrons. The maximum absolute atomic E-state index is 10.6. The Hall–Kier alpha value is -0.870. The van der Waals surface area contributed by atoms with Crippen molar-refractivity contribution in [1.29, 1.82) is 0 Å². The summed E-state index contributed by atoms with van der Waals surface area (Å²) in [6.07, 6.45) is 1.99. The normalized spacial score (nSPS) is 21.7. The molecule has 1 fully saturated rings. The van der Waals surface area contributed by atoms with E-state index in [0.29, 0.717) is 6.04 Å². The predicted octanol–water partition coefficient (Wildman–Crippen LogP) is 2.18. The first-order valence-corrected chi connectivity index (χ1v) is 6.11. The summed E-state index contributed by atoms with van der Waals surface area (Å²) in [5, 5.41) is 2.05. The lowest BCUT2D eigenvalue weighted by atomic mass is 10.1. The molecule has 0 aromatic carbocycles. The van der Waals surface area contributed by atoms with Crippen LogP contribution >= 0.6 is 11.3 Å².